The summed E-state index contributed by atoms with van der Waals surface area (Å²) in [6.07, 6.45) is -8.92. The number of rotatable bonds is 6. The lowest BCUT2D eigenvalue weighted by atomic mass is 9.83. The van der Waals surface area contributed by atoms with Crippen molar-refractivity contribution in [1.82, 2.24) is 4.90 Å². The first-order valence-corrected chi connectivity index (χ1v) is 9.62. The van der Waals surface area contributed by atoms with E-state index in [1.165, 1.54) is 29.2 Å². The van der Waals surface area contributed by atoms with Crippen molar-refractivity contribution >= 4 is 5.78 Å². The van der Waals surface area contributed by atoms with Gasteiger partial charge in [0, 0.05) is 25.1 Å². The maximum Gasteiger partial charge on any atom is 0.416 e. The number of halogens is 5. The second kappa shape index (κ2) is 8.81. The van der Waals surface area contributed by atoms with Crippen LogP contribution < -0.4 is 0 Å². The van der Waals surface area contributed by atoms with Crippen LogP contribution in [0.1, 0.15) is 40.7 Å². The Bertz CT molecular complexity index is 863. The average Bonchev–Trinajstić information content (AvgIpc) is 2.73. The summed E-state index contributed by atoms with van der Waals surface area (Å²) in [5, 5.41) is 10.8. The van der Waals surface area contributed by atoms with Gasteiger partial charge in [0.1, 0.15) is 0 Å². The molecule has 2 aromatic carbocycles. The fourth-order valence-electron chi connectivity index (χ4n) is 3.66. The summed E-state index contributed by atoms with van der Waals surface area (Å²) in [4.78, 5) is 13.4. The summed E-state index contributed by atoms with van der Waals surface area (Å²) < 4.78 is 67.7. The molecule has 2 aromatic rings. The first kappa shape index (κ1) is 22.4. The fourth-order valence-corrected chi connectivity index (χ4v) is 3.66. The highest BCUT2D eigenvalue weighted by Gasteiger charge is 2.39. The van der Waals surface area contributed by atoms with E-state index >= 15 is 0 Å². The van der Waals surface area contributed by atoms with Gasteiger partial charge in [-0.2, -0.15) is 13.2 Å². The smallest absolute Gasteiger partial charge is 0.385 e. The van der Waals surface area contributed by atoms with E-state index in [0.717, 1.165) is 12.1 Å². The Morgan fingerprint density at radius 2 is 1.67 bits per heavy atom. The first-order chi connectivity index (χ1) is 14.1. The Balaban J connectivity index is 1.60. The number of ketones is 1. The van der Waals surface area contributed by atoms with Crippen LogP contribution in [0.4, 0.5) is 22.0 Å². The van der Waals surface area contributed by atoms with Crippen molar-refractivity contribution in [2.75, 3.05) is 13.1 Å². The summed E-state index contributed by atoms with van der Waals surface area (Å²) in [7, 11) is 0. The normalized spacial score (nSPS) is 19.3. The Morgan fingerprint density at radius 3 is 2.27 bits per heavy atom. The molecule has 0 radical (unpaired) electrons. The molecule has 3 nitrogen and oxygen atoms in total. The quantitative estimate of drug-likeness (QED) is 0.405. The van der Waals surface area contributed by atoms with Crippen molar-refractivity contribution < 1.29 is 31.9 Å². The molecule has 0 spiro atoms. The number of piperidine rings is 1. The lowest BCUT2D eigenvalue weighted by Crippen LogP contribution is -2.46. The highest BCUT2D eigenvalue weighted by atomic mass is 19.4. The molecule has 1 N–H and O–H groups in total. The minimum absolute atomic E-state index is 0.00167. The predicted molar refractivity (Wildman–Crippen MR) is 101 cm³/mol. The van der Waals surface area contributed by atoms with Gasteiger partial charge in [-0.05, 0) is 30.5 Å². The molecule has 1 saturated heterocycles. The van der Waals surface area contributed by atoms with Gasteiger partial charge in [-0.1, -0.05) is 42.5 Å². The predicted octanol–water partition coefficient (Wildman–Crippen LogP) is 4.90. The zero-order valence-electron chi connectivity index (χ0n) is 16.1. The van der Waals surface area contributed by atoms with Crippen molar-refractivity contribution in [3.05, 3.63) is 71.3 Å². The Kier molecular flexibility index (Phi) is 6.57. The molecule has 30 heavy (non-hydrogen) atoms. The Labute approximate surface area is 171 Å². The van der Waals surface area contributed by atoms with Gasteiger partial charge in [-0.25, -0.2) is 8.78 Å². The molecule has 0 bridgehead atoms. The van der Waals surface area contributed by atoms with Gasteiger partial charge in [0.15, 0.2) is 18.3 Å². The Hall–Kier alpha value is -2.32. The summed E-state index contributed by atoms with van der Waals surface area (Å²) in [5.41, 5.74) is -2.10. The second-order valence-corrected chi connectivity index (χ2v) is 7.51. The van der Waals surface area contributed by atoms with Crippen LogP contribution in [0.2, 0.25) is 0 Å². The van der Waals surface area contributed by atoms with Crippen LogP contribution in [0, 0.1) is 0 Å². The average molecular weight is 427 g/mol. The molecule has 0 aromatic heterocycles. The van der Waals surface area contributed by atoms with Gasteiger partial charge in [0.2, 0.25) is 0 Å². The van der Waals surface area contributed by atoms with Gasteiger partial charge in [-0.15, -0.1) is 0 Å². The van der Waals surface area contributed by atoms with Crippen LogP contribution in [-0.4, -0.2) is 41.3 Å². The molecular formula is C22H22F5NO2. The first-order valence-electron chi connectivity index (χ1n) is 9.62. The van der Waals surface area contributed by atoms with E-state index in [1.54, 1.807) is 18.2 Å². The molecule has 0 aliphatic carbocycles. The number of hydrogen-bond acceptors (Lipinski definition) is 3. The number of hydrogen-bond donors (Lipinski definition) is 1. The van der Waals surface area contributed by atoms with Gasteiger partial charge >= 0.3 is 6.18 Å². The third kappa shape index (κ3) is 5.05. The van der Waals surface area contributed by atoms with Gasteiger partial charge in [0.25, 0.3) is 0 Å². The standard InChI is InChI=1S/C22H22F5NO2/c23-18(20(29)15-5-2-1-3-6-15)14-19(24)28-11-9-21(30,10-12-28)16-7-4-8-17(13-16)22(25,26)27/h1-8,13,18-19,30H,9-12,14H2. The molecule has 2 atom stereocenters. The number of likely N-dealkylation sites (tertiary alicyclic amines) is 1. The van der Waals surface area contributed by atoms with E-state index in [4.69, 9.17) is 0 Å². The minimum atomic E-state index is -4.53. The van der Waals surface area contributed by atoms with E-state index in [9.17, 15) is 31.9 Å². The number of carbonyl (C=O) groups is 1. The lowest BCUT2D eigenvalue weighted by Gasteiger charge is -2.40. The summed E-state index contributed by atoms with van der Waals surface area (Å²) in [6.45, 7) is 0.0559. The molecule has 2 unspecified atom stereocenters. The van der Waals surface area contributed by atoms with Crippen molar-refractivity contribution in [3.8, 4) is 0 Å². The number of aliphatic hydroxyl groups is 1. The zero-order chi connectivity index (χ0) is 21.9. The fraction of sp³-hybridized carbons (Fsp3) is 0.409. The molecular weight excluding hydrogens is 405 g/mol. The molecule has 8 heteroatoms. The van der Waals surface area contributed by atoms with Crippen LogP contribution in [0.15, 0.2) is 54.6 Å². The van der Waals surface area contributed by atoms with E-state index in [0.29, 0.717) is 0 Å². The van der Waals surface area contributed by atoms with E-state index in [-0.39, 0.29) is 37.1 Å². The maximum atomic E-state index is 14.6. The third-order valence-corrected chi connectivity index (χ3v) is 5.49. The Morgan fingerprint density at radius 1 is 1.03 bits per heavy atom. The number of carbonyl (C=O) groups excluding carboxylic acids is 1. The number of benzene rings is 2. The summed E-state index contributed by atoms with van der Waals surface area (Å²) in [6, 6.07) is 12.2. The molecule has 1 fully saturated rings. The second-order valence-electron chi connectivity index (χ2n) is 7.51. The molecule has 3 rings (SSSR count). The summed E-state index contributed by atoms with van der Waals surface area (Å²) in [5.74, 6) is -0.796. The topological polar surface area (TPSA) is 40.5 Å². The molecule has 1 aliphatic rings. The van der Waals surface area contributed by atoms with Crippen molar-refractivity contribution in [2.24, 2.45) is 0 Å². The van der Waals surface area contributed by atoms with Crippen molar-refractivity contribution in [3.63, 3.8) is 0 Å². The molecule has 1 heterocycles. The van der Waals surface area contributed by atoms with Gasteiger partial charge in [-0.3, -0.25) is 9.69 Å². The SMILES string of the molecule is O=C(c1ccccc1)C(F)CC(F)N1CCC(O)(c2cccc(C(F)(F)F)c2)CC1. The zero-order valence-corrected chi connectivity index (χ0v) is 16.1. The monoisotopic (exact) mass is 427 g/mol. The highest BCUT2D eigenvalue weighted by Crippen LogP contribution is 2.37. The highest BCUT2D eigenvalue weighted by molar-refractivity contribution is 5.99. The van der Waals surface area contributed by atoms with Gasteiger partial charge in [0.05, 0.1) is 11.2 Å². The van der Waals surface area contributed by atoms with Crippen LogP contribution in [-0.2, 0) is 11.8 Å². The van der Waals surface area contributed by atoms with E-state index in [2.05, 4.69) is 0 Å². The van der Waals surface area contributed by atoms with E-state index in [1.807, 2.05) is 0 Å². The lowest BCUT2D eigenvalue weighted by molar-refractivity contribution is -0.137. The number of Topliss-reactive ketones (excluding diaryl/α,β-unsaturated/α-hetero) is 1. The van der Waals surface area contributed by atoms with Crippen molar-refractivity contribution in [2.45, 2.75) is 43.5 Å². The molecule has 1 aliphatic heterocycles. The number of nitrogens with zero attached hydrogens (tertiary/aromatic N) is 1. The summed E-state index contributed by atoms with van der Waals surface area (Å²) >= 11 is 0. The van der Waals surface area contributed by atoms with Crippen LogP contribution >= 0.6 is 0 Å². The number of alkyl halides is 5. The minimum Gasteiger partial charge on any atom is -0.385 e. The van der Waals surface area contributed by atoms with Crippen LogP contribution in [0.3, 0.4) is 0 Å². The molecule has 0 amide bonds. The maximum absolute atomic E-state index is 14.6. The molecule has 0 saturated carbocycles. The largest absolute Gasteiger partial charge is 0.416 e. The van der Waals surface area contributed by atoms with E-state index < -0.39 is 42.0 Å². The van der Waals surface area contributed by atoms with Crippen LogP contribution in [0.5, 0.6) is 0 Å². The molecule has 162 valence electrons. The van der Waals surface area contributed by atoms with Crippen molar-refractivity contribution in [1.29, 1.82) is 0 Å². The van der Waals surface area contributed by atoms with Crippen LogP contribution in [0.25, 0.3) is 0 Å². The third-order valence-electron chi connectivity index (χ3n) is 5.49. The van der Waals surface area contributed by atoms with Gasteiger partial charge < -0.3 is 5.11 Å².